The fourth-order valence-electron chi connectivity index (χ4n) is 2.33. The van der Waals surface area contributed by atoms with Gasteiger partial charge in [0.2, 0.25) is 5.91 Å². The number of halogens is 1. The van der Waals surface area contributed by atoms with Crippen molar-refractivity contribution in [3.8, 4) is 0 Å². The van der Waals surface area contributed by atoms with E-state index in [-0.39, 0.29) is 11.8 Å². The number of hydrogen-bond donors (Lipinski definition) is 1. The number of nitrogens with zero attached hydrogens (tertiary/aromatic N) is 1. The molecule has 0 aliphatic rings. The third kappa shape index (κ3) is 4.57. The van der Waals surface area contributed by atoms with Crippen LogP contribution >= 0.6 is 11.6 Å². The van der Waals surface area contributed by atoms with E-state index in [4.69, 9.17) is 11.6 Å². The van der Waals surface area contributed by atoms with Gasteiger partial charge in [0.05, 0.1) is 0 Å². The molecular weight excluding hydrogens is 312 g/mol. The summed E-state index contributed by atoms with van der Waals surface area (Å²) in [7, 11) is 0. The molecule has 2 aromatic rings. The Hall–Kier alpha value is -2.33. The Bertz CT molecular complexity index is 716. The molecule has 0 aliphatic heterocycles. The van der Waals surface area contributed by atoms with Gasteiger partial charge in [-0.1, -0.05) is 35.9 Å². The number of amides is 2. The van der Waals surface area contributed by atoms with Crippen LogP contribution in [0.3, 0.4) is 0 Å². The zero-order chi connectivity index (χ0) is 16.8. The molecule has 0 radical (unpaired) electrons. The van der Waals surface area contributed by atoms with Crippen molar-refractivity contribution >= 4 is 29.1 Å². The zero-order valence-corrected chi connectivity index (χ0v) is 13.9. The van der Waals surface area contributed by atoms with Crippen LogP contribution in [0.25, 0.3) is 0 Å². The summed E-state index contributed by atoms with van der Waals surface area (Å²) in [5.74, 6) is -0.267. The molecule has 0 heterocycles. The van der Waals surface area contributed by atoms with Crippen LogP contribution in [-0.4, -0.2) is 24.9 Å². The van der Waals surface area contributed by atoms with Gasteiger partial charge in [-0.3, -0.25) is 9.59 Å². The second-order valence-corrected chi connectivity index (χ2v) is 5.66. The Morgan fingerprint density at radius 1 is 1.13 bits per heavy atom. The lowest BCUT2D eigenvalue weighted by Gasteiger charge is -2.23. The molecule has 2 aromatic carbocycles. The highest BCUT2D eigenvalue weighted by atomic mass is 35.5. The number of para-hydroxylation sites is 1. The monoisotopic (exact) mass is 330 g/mol. The van der Waals surface area contributed by atoms with E-state index in [1.165, 1.54) is 6.92 Å². The Morgan fingerprint density at radius 2 is 1.87 bits per heavy atom. The highest BCUT2D eigenvalue weighted by Crippen LogP contribution is 2.19. The first-order chi connectivity index (χ1) is 11.0. The quantitative estimate of drug-likeness (QED) is 0.913. The molecule has 0 unspecified atom stereocenters. The molecule has 120 valence electrons. The van der Waals surface area contributed by atoms with E-state index in [1.54, 1.807) is 29.2 Å². The summed E-state index contributed by atoms with van der Waals surface area (Å²) in [6.45, 7) is 4.24. The van der Waals surface area contributed by atoms with Gasteiger partial charge in [-0.15, -0.1) is 0 Å². The van der Waals surface area contributed by atoms with Gasteiger partial charge >= 0.3 is 0 Å². The standard InChI is InChI=1S/C18H19ClN2O2/c1-13-6-3-4-9-17(13)21(14(2)22)11-10-20-18(23)15-7-5-8-16(19)12-15/h3-9,12H,10-11H2,1-2H3,(H,20,23). The van der Waals surface area contributed by atoms with Crippen LogP contribution < -0.4 is 10.2 Å². The molecule has 0 bridgehead atoms. The van der Waals surface area contributed by atoms with Gasteiger partial charge in [0.25, 0.3) is 5.91 Å². The summed E-state index contributed by atoms with van der Waals surface area (Å²) >= 11 is 5.88. The molecule has 5 heteroatoms. The third-order valence-electron chi connectivity index (χ3n) is 3.49. The first kappa shape index (κ1) is 17.0. The second kappa shape index (κ2) is 7.79. The first-order valence-corrected chi connectivity index (χ1v) is 7.74. The predicted octanol–water partition coefficient (Wildman–Crippen LogP) is 3.43. The highest BCUT2D eigenvalue weighted by molar-refractivity contribution is 6.30. The number of benzene rings is 2. The maximum Gasteiger partial charge on any atom is 0.251 e. The van der Waals surface area contributed by atoms with Gasteiger partial charge in [0.15, 0.2) is 0 Å². The van der Waals surface area contributed by atoms with Crippen molar-refractivity contribution in [3.63, 3.8) is 0 Å². The summed E-state index contributed by atoms with van der Waals surface area (Å²) in [5.41, 5.74) is 2.38. The van der Waals surface area contributed by atoms with Crippen LogP contribution in [0.5, 0.6) is 0 Å². The van der Waals surface area contributed by atoms with Crippen molar-refractivity contribution in [2.45, 2.75) is 13.8 Å². The fraction of sp³-hybridized carbons (Fsp3) is 0.222. The van der Waals surface area contributed by atoms with E-state index in [0.29, 0.717) is 23.7 Å². The van der Waals surface area contributed by atoms with Crippen molar-refractivity contribution in [2.24, 2.45) is 0 Å². The van der Waals surface area contributed by atoms with Gasteiger partial charge in [-0.25, -0.2) is 0 Å². The van der Waals surface area contributed by atoms with E-state index in [1.807, 2.05) is 31.2 Å². The first-order valence-electron chi connectivity index (χ1n) is 7.36. The third-order valence-corrected chi connectivity index (χ3v) is 3.73. The molecule has 0 aromatic heterocycles. The van der Waals surface area contributed by atoms with Gasteiger partial charge in [0.1, 0.15) is 0 Å². The molecule has 2 rings (SSSR count). The minimum Gasteiger partial charge on any atom is -0.350 e. The lowest BCUT2D eigenvalue weighted by molar-refractivity contribution is -0.116. The Morgan fingerprint density at radius 3 is 2.52 bits per heavy atom. The largest absolute Gasteiger partial charge is 0.350 e. The van der Waals surface area contributed by atoms with Gasteiger partial charge in [-0.05, 0) is 36.8 Å². The topological polar surface area (TPSA) is 49.4 Å². The fourth-order valence-corrected chi connectivity index (χ4v) is 2.52. The Kier molecular flexibility index (Phi) is 5.77. The Balaban J connectivity index is 1.99. The summed E-state index contributed by atoms with van der Waals surface area (Å²) in [6.07, 6.45) is 0. The van der Waals surface area contributed by atoms with E-state index in [9.17, 15) is 9.59 Å². The van der Waals surface area contributed by atoms with Crippen molar-refractivity contribution in [3.05, 3.63) is 64.7 Å². The van der Waals surface area contributed by atoms with E-state index < -0.39 is 0 Å². The highest BCUT2D eigenvalue weighted by Gasteiger charge is 2.14. The zero-order valence-electron chi connectivity index (χ0n) is 13.2. The minimum atomic E-state index is -0.208. The molecule has 0 atom stereocenters. The van der Waals surface area contributed by atoms with Crippen molar-refractivity contribution in [2.75, 3.05) is 18.0 Å². The molecule has 0 spiro atoms. The maximum absolute atomic E-state index is 12.1. The van der Waals surface area contributed by atoms with Crippen molar-refractivity contribution in [1.29, 1.82) is 0 Å². The minimum absolute atomic E-state index is 0.0590. The summed E-state index contributed by atoms with van der Waals surface area (Å²) in [4.78, 5) is 25.6. The summed E-state index contributed by atoms with van der Waals surface area (Å²) in [5, 5.41) is 3.33. The van der Waals surface area contributed by atoms with Crippen LogP contribution in [0.1, 0.15) is 22.8 Å². The van der Waals surface area contributed by atoms with Crippen LogP contribution in [0.15, 0.2) is 48.5 Å². The lowest BCUT2D eigenvalue weighted by atomic mass is 10.2. The molecule has 23 heavy (non-hydrogen) atoms. The number of carbonyl (C=O) groups excluding carboxylic acids is 2. The van der Waals surface area contributed by atoms with Crippen LogP contribution in [-0.2, 0) is 4.79 Å². The van der Waals surface area contributed by atoms with Crippen molar-refractivity contribution < 1.29 is 9.59 Å². The number of carbonyl (C=O) groups is 2. The molecule has 2 amide bonds. The normalized spacial score (nSPS) is 10.2. The number of rotatable bonds is 5. The molecule has 4 nitrogen and oxygen atoms in total. The number of aryl methyl sites for hydroxylation is 1. The lowest BCUT2D eigenvalue weighted by Crippen LogP contribution is -2.37. The molecule has 1 N–H and O–H groups in total. The van der Waals surface area contributed by atoms with Crippen LogP contribution in [0.4, 0.5) is 5.69 Å². The van der Waals surface area contributed by atoms with Crippen LogP contribution in [0.2, 0.25) is 5.02 Å². The number of hydrogen-bond acceptors (Lipinski definition) is 2. The van der Waals surface area contributed by atoms with Gasteiger partial charge < -0.3 is 10.2 Å². The average molecular weight is 331 g/mol. The SMILES string of the molecule is CC(=O)N(CCNC(=O)c1cccc(Cl)c1)c1ccccc1C. The van der Waals surface area contributed by atoms with Gasteiger partial charge in [-0.2, -0.15) is 0 Å². The van der Waals surface area contributed by atoms with E-state index in [2.05, 4.69) is 5.32 Å². The van der Waals surface area contributed by atoms with E-state index in [0.717, 1.165) is 11.3 Å². The van der Waals surface area contributed by atoms with Crippen LogP contribution in [0, 0.1) is 6.92 Å². The molecule has 0 saturated carbocycles. The Labute approximate surface area is 141 Å². The van der Waals surface area contributed by atoms with E-state index >= 15 is 0 Å². The number of anilines is 1. The average Bonchev–Trinajstić information content (AvgIpc) is 2.52. The van der Waals surface area contributed by atoms with Crippen molar-refractivity contribution in [1.82, 2.24) is 5.32 Å². The molecule has 0 saturated heterocycles. The molecule has 0 aliphatic carbocycles. The maximum atomic E-state index is 12.1. The summed E-state index contributed by atoms with van der Waals surface area (Å²) in [6, 6.07) is 14.4. The second-order valence-electron chi connectivity index (χ2n) is 5.22. The smallest absolute Gasteiger partial charge is 0.251 e. The molecule has 0 fully saturated rings. The number of nitrogens with one attached hydrogen (secondary N) is 1. The predicted molar refractivity (Wildman–Crippen MR) is 93.0 cm³/mol. The summed E-state index contributed by atoms with van der Waals surface area (Å²) < 4.78 is 0. The molecular formula is C18H19ClN2O2. The van der Waals surface area contributed by atoms with Gasteiger partial charge in [0, 0.05) is 36.3 Å².